The second-order valence-electron chi connectivity index (χ2n) is 2.72. The number of carbonyl (C=O) groups excluding carboxylic acids is 1. The number of hydrogen-bond acceptors (Lipinski definition) is 4. The van der Waals surface area contributed by atoms with Crippen LogP contribution in [0.4, 0.5) is 4.39 Å². The molecule has 0 amide bonds. The minimum atomic E-state index is -0.729. The summed E-state index contributed by atoms with van der Waals surface area (Å²) in [5, 5.41) is 8.44. The van der Waals surface area contributed by atoms with Crippen LogP contribution in [0.1, 0.15) is 17.7 Å². The molecule has 0 fully saturated rings. The number of hydrogen-bond donors (Lipinski definition) is 0. The van der Waals surface area contributed by atoms with Gasteiger partial charge in [0.05, 0.1) is 7.11 Å². The van der Waals surface area contributed by atoms with Gasteiger partial charge in [-0.1, -0.05) is 11.8 Å². The molecule has 0 saturated carbocycles. The van der Waals surface area contributed by atoms with Crippen LogP contribution in [0.3, 0.4) is 0 Å². The lowest BCUT2D eigenvalue weighted by Gasteiger charge is -1.93. The Bertz CT molecular complexity index is 509. The number of pyridine rings is 1. The van der Waals surface area contributed by atoms with Gasteiger partial charge in [-0.25, -0.2) is 9.37 Å². The Hall–Kier alpha value is -2.40. The Balaban J connectivity index is 2.80. The molecular weight excluding hydrogens is 211 g/mol. The second kappa shape index (κ2) is 5.47. The summed E-state index contributed by atoms with van der Waals surface area (Å²) >= 11 is 0. The molecule has 1 rings (SSSR count). The number of ether oxygens (including phenoxy) is 1. The fraction of sp³-hybridized carbons (Fsp3) is 0.182. The highest BCUT2D eigenvalue weighted by atomic mass is 19.1. The van der Waals surface area contributed by atoms with Crippen molar-refractivity contribution in [3.63, 3.8) is 0 Å². The monoisotopic (exact) mass is 218 g/mol. The number of esters is 1. The van der Waals surface area contributed by atoms with Crippen LogP contribution < -0.4 is 0 Å². The first kappa shape index (κ1) is 11.7. The van der Waals surface area contributed by atoms with Gasteiger partial charge in [0.15, 0.2) is 11.5 Å². The maximum Gasteiger partial charge on any atom is 0.317 e. The third kappa shape index (κ3) is 3.07. The van der Waals surface area contributed by atoms with Crippen molar-refractivity contribution < 1.29 is 13.9 Å². The summed E-state index contributed by atoms with van der Waals surface area (Å²) in [5.41, 5.74) is 0.0268. The summed E-state index contributed by atoms with van der Waals surface area (Å²) < 4.78 is 17.4. The van der Waals surface area contributed by atoms with Crippen LogP contribution in [-0.2, 0) is 9.53 Å². The third-order valence-electron chi connectivity index (χ3n) is 1.64. The number of aromatic nitrogens is 1. The molecule has 0 aromatic carbocycles. The van der Waals surface area contributed by atoms with Crippen LogP contribution in [0.15, 0.2) is 12.3 Å². The minimum absolute atomic E-state index is 0.0713. The molecule has 0 radical (unpaired) electrons. The predicted octanol–water partition coefficient (Wildman–Crippen LogP) is 1.01. The molecule has 80 valence electrons. The Labute approximate surface area is 91.7 Å². The molecule has 0 atom stereocenters. The lowest BCUT2D eigenvalue weighted by molar-refractivity contribution is -0.139. The number of carbonyl (C=O) groups is 1. The highest BCUT2D eigenvalue weighted by Gasteiger charge is 2.02. The predicted molar refractivity (Wildman–Crippen MR) is 52.4 cm³/mol. The maximum absolute atomic E-state index is 13.1. The van der Waals surface area contributed by atoms with Crippen molar-refractivity contribution in [1.82, 2.24) is 4.98 Å². The highest BCUT2D eigenvalue weighted by molar-refractivity contribution is 5.72. The zero-order valence-corrected chi connectivity index (χ0v) is 8.45. The van der Waals surface area contributed by atoms with Crippen molar-refractivity contribution in [2.24, 2.45) is 0 Å². The summed E-state index contributed by atoms with van der Waals surface area (Å²) in [7, 11) is 1.26. The molecule has 0 aliphatic heterocycles. The van der Waals surface area contributed by atoms with E-state index in [1.165, 1.54) is 13.3 Å². The van der Waals surface area contributed by atoms with Crippen molar-refractivity contribution >= 4 is 5.97 Å². The first-order valence-corrected chi connectivity index (χ1v) is 4.28. The van der Waals surface area contributed by atoms with Gasteiger partial charge in [-0.3, -0.25) is 4.79 Å². The molecule has 16 heavy (non-hydrogen) atoms. The van der Waals surface area contributed by atoms with Crippen LogP contribution in [0.5, 0.6) is 0 Å². The first-order valence-electron chi connectivity index (χ1n) is 4.28. The summed E-state index contributed by atoms with van der Waals surface area (Å²) in [4.78, 5) is 14.3. The van der Waals surface area contributed by atoms with Crippen LogP contribution >= 0.6 is 0 Å². The highest BCUT2D eigenvalue weighted by Crippen LogP contribution is 2.04. The van der Waals surface area contributed by atoms with Gasteiger partial charge < -0.3 is 4.74 Å². The zero-order valence-electron chi connectivity index (χ0n) is 8.45. The normalized spacial score (nSPS) is 8.56. The number of rotatable bonds is 1. The smallest absolute Gasteiger partial charge is 0.317 e. The number of methoxy groups -OCH3 is 1. The van der Waals surface area contributed by atoms with Gasteiger partial charge in [0.1, 0.15) is 12.5 Å². The molecule has 0 unspecified atom stereocenters. The quantitative estimate of drug-likeness (QED) is 0.521. The van der Waals surface area contributed by atoms with E-state index in [0.717, 1.165) is 6.07 Å². The molecule has 0 N–H and O–H groups in total. The SMILES string of the molecule is COC(=O)CC#Cc1cnc(C#N)c(F)c1. The summed E-state index contributed by atoms with van der Waals surface area (Å²) in [5.74, 6) is 3.85. The van der Waals surface area contributed by atoms with E-state index in [1.807, 2.05) is 0 Å². The molecule has 0 aliphatic rings. The van der Waals surface area contributed by atoms with Crippen LogP contribution in [0.2, 0.25) is 0 Å². The van der Waals surface area contributed by atoms with Crippen molar-refractivity contribution in [1.29, 1.82) is 5.26 Å². The summed E-state index contributed by atoms with van der Waals surface area (Å²) in [6.45, 7) is 0. The largest absolute Gasteiger partial charge is 0.468 e. The lowest BCUT2D eigenvalue weighted by atomic mass is 10.2. The average molecular weight is 218 g/mol. The standard InChI is InChI=1S/C11H7FN2O2/c1-16-11(15)4-2-3-8-5-9(12)10(6-13)14-7-8/h5,7H,4H2,1H3. The Morgan fingerprint density at radius 2 is 2.44 bits per heavy atom. The van der Waals surface area contributed by atoms with Crippen LogP contribution in [0, 0.1) is 29.0 Å². The van der Waals surface area contributed by atoms with E-state index >= 15 is 0 Å². The van der Waals surface area contributed by atoms with E-state index in [0.29, 0.717) is 5.56 Å². The summed E-state index contributed by atoms with van der Waals surface area (Å²) in [6.07, 6.45) is 1.20. The van der Waals surface area contributed by atoms with Gasteiger partial charge in [0, 0.05) is 11.8 Å². The number of halogens is 1. The van der Waals surface area contributed by atoms with Gasteiger partial charge in [-0.15, -0.1) is 0 Å². The van der Waals surface area contributed by atoms with Crippen LogP contribution in [-0.4, -0.2) is 18.1 Å². The van der Waals surface area contributed by atoms with Gasteiger partial charge in [0.2, 0.25) is 0 Å². The molecule has 0 saturated heterocycles. The number of nitrogens with zero attached hydrogens (tertiary/aromatic N) is 2. The minimum Gasteiger partial charge on any atom is -0.468 e. The van der Waals surface area contributed by atoms with Crippen molar-refractivity contribution in [3.8, 4) is 17.9 Å². The van der Waals surface area contributed by atoms with Gasteiger partial charge in [0.25, 0.3) is 0 Å². The molecule has 1 aromatic heterocycles. The fourth-order valence-electron chi connectivity index (χ4n) is 0.879. The molecule has 5 heteroatoms. The second-order valence-corrected chi connectivity index (χ2v) is 2.72. The topological polar surface area (TPSA) is 63.0 Å². The van der Waals surface area contributed by atoms with E-state index in [-0.39, 0.29) is 12.1 Å². The number of nitriles is 1. The maximum atomic E-state index is 13.1. The van der Waals surface area contributed by atoms with Crippen molar-refractivity contribution in [2.75, 3.05) is 7.11 Å². The van der Waals surface area contributed by atoms with Gasteiger partial charge in [-0.2, -0.15) is 5.26 Å². The fourth-order valence-corrected chi connectivity index (χ4v) is 0.879. The Morgan fingerprint density at radius 1 is 1.69 bits per heavy atom. The van der Waals surface area contributed by atoms with E-state index < -0.39 is 11.8 Å². The molecular formula is C11H7FN2O2. The Kier molecular flexibility index (Phi) is 3.99. The van der Waals surface area contributed by atoms with E-state index in [4.69, 9.17) is 5.26 Å². The lowest BCUT2D eigenvalue weighted by Crippen LogP contribution is -1.97. The molecule has 4 nitrogen and oxygen atoms in total. The van der Waals surface area contributed by atoms with Crippen molar-refractivity contribution in [3.05, 3.63) is 29.3 Å². The summed E-state index contributed by atoms with van der Waals surface area (Å²) in [6, 6.07) is 2.69. The van der Waals surface area contributed by atoms with Crippen molar-refractivity contribution in [2.45, 2.75) is 6.42 Å². The molecule has 1 aromatic rings. The molecule has 0 bridgehead atoms. The van der Waals surface area contributed by atoms with Crippen LogP contribution in [0.25, 0.3) is 0 Å². The Morgan fingerprint density at radius 3 is 3.00 bits per heavy atom. The molecule has 1 heterocycles. The van der Waals surface area contributed by atoms with Gasteiger partial charge in [-0.05, 0) is 6.07 Å². The molecule has 0 spiro atoms. The zero-order chi connectivity index (χ0) is 12.0. The molecule has 0 aliphatic carbocycles. The third-order valence-corrected chi connectivity index (χ3v) is 1.64. The van der Waals surface area contributed by atoms with E-state index in [9.17, 15) is 9.18 Å². The van der Waals surface area contributed by atoms with E-state index in [1.54, 1.807) is 6.07 Å². The average Bonchev–Trinajstić information content (AvgIpc) is 2.29. The first-order chi connectivity index (χ1) is 7.67. The van der Waals surface area contributed by atoms with Gasteiger partial charge >= 0.3 is 5.97 Å². The van der Waals surface area contributed by atoms with E-state index in [2.05, 4.69) is 21.6 Å².